The topological polar surface area (TPSA) is 56.7 Å². The highest BCUT2D eigenvalue weighted by molar-refractivity contribution is 14.0. The van der Waals surface area contributed by atoms with E-state index in [0.29, 0.717) is 24.6 Å². The van der Waals surface area contributed by atoms with Crippen LogP contribution in [0.4, 0.5) is 4.39 Å². The molecule has 2 rings (SSSR count). The molecule has 0 spiro atoms. The van der Waals surface area contributed by atoms with E-state index in [0.717, 1.165) is 12.0 Å². The Bertz CT molecular complexity index is 750. The zero-order valence-corrected chi connectivity index (χ0v) is 18.9. The maximum atomic E-state index is 13.7. The Labute approximate surface area is 181 Å². The van der Waals surface area contributed by atoms with Gasteiger partial charge in [-0.15, -0.1) is 35.3 Å². The summed E-state index contributed by atoms with van der Waals surface area (Å²) in [6.07, 6.45) is 0.874. The molecule has 1 aromatic carbocycles. The summed E-state index contributed by atoms with van der Waals surface area (Å²) in [5, 5.41) is 8.31. The van der Waals surface area contributed by atoms with E-state index in [4.69, 9.17) is 0 Å². The molecule has 1 amide bonds. The van der Waals surface area contributed by atoms with Gasteiger partial charge in [0.1, 0.15) is 5.82 Å². The first-order valence-electron chi connectivity index (χ1n) is 8.45. The minimum absolute atomic E-state index is 0. The predicted octanol–water partition coefficient (Wildman–Crippen LogP) is 3.18. The molecule has 0 saturated heterocycles. The van der Waals surface area contributed by atoms with Gasteiger partial charge in [0, 0.05) is 25.5 Å². The Morgan fingerprint density at radius 2 is 2.04 bits per heavy atom. The lowest BCUT2D eigenvalue weighted by Gasteiger charge is -2.15. The summed E-state index contributed by atoms with van der Waals surface area (Å²) < 4.78 is 13.7. The molecule has 0 fully saturated rings. The summed E-state index contributed by atoms with van der Waals surface area (Å²) in [5.41, 5.74) is 1.40. The molecule has 148 valence electrons. The van der Waals surface area contributed by atoms with Crippen molar-refractivity contribution >= 4 is 47.2 Å². The Hall–Kier alpha value is -1.68. The number of carbonyl (C=O) groups is 1. The average Bonchev–Trinajstić information content (AvgIpc) is 3.12. The van der Waals surface area contributed by atoms with E-state index in [-0.39, 0.29) is 42.2 Å². The van der Waals surface area contributed by atoms with Crippen LogP contribution in [0.15, 0.2) is 40.7 Å². The van der Waals surface area contributed by atoms with Crippen molar-refractivity contribution in [2.75, 3.05) is 27.2 Å². The number of aliphatic imine (C=N–C) groups is 1. The first kappa shape index (κ1) is 23.4. The molecule has 2 aromatic rings. The number of rotatable bonds is 7. The SMILES string of the molecule is Cc1ccc(CN=C(NCCc2cccs2)NCC(=O)N(C)C)cc1F.I. The Balaban J connectivity index is 0.00000364. The second-order valence-electron chi connectivity index (χ2n) is 6.15. The van der Waals surface area contributed by atoms with Crippen LogP contribution in [-0.2, 0) is 17.8 Å². The second kappa shape index (κ2) is 11.9. The van der Waals surface area contributed by atoms with Crippen LogP contribution < -0.4 is 10.6 Å². The van der Waals surface area contributed by atoms with Crippen molar-refractivity contribution < 1.29 is 9.18 Å². The number of amides is 1. The highest BCUT2D eigenvalue weighted by atomic mass is 127. The van der Waals surface area contributed by atoms with Crippen LogP contribution in [0.2, 0.25) is 0 Å². The fourth-order valence-electron chi connectivity index (χ4n) is 2.16. The molecule has 0 bridgehead atoms. The summed E-state index contributed by atoms with van der Waals surface area (Å²) in [7, 11) is 3.42. The van der Waals surface area contributed by atoms with Crippen molar-refractivity contribution in [3.8, 4) is 0 Å². The number of nitrogens with zero attached hydrogens (tertiary/aromatic N) is 2. The number of hydrogen-bond donors (Lipinski definition) is 2. The van der Waals surface area contributed by atoms with Crippen molar-refractivity contribution in [1.29, 1.82) is 0 Å². The minimum atomic E-state index is -0.236. The monoisotopic (exact) mass is 504 g/mol. The van der Waals surface area contributed by atoms with Gasteiger partial charge in [-0.1, -0.05) is 18.2 Å². The summed E-state index contributed by atoms with van der Waals surface area (Å²) >= 11 is 1.71. The van der Waals surface area contributed by atoms with E-state index in [9.17, 15) is 9.18 Å². The maximum absolute atomic E-state index is 13.7. The Kier molecular flexibility index (Phi) is 10.3. The van der Waals surface area contributed by atoms with E-state index < -0.39 is 0 Å². The van der Waals surface area contributed by atoms with E-state index in [1.807, 2.05) is 17.5 Å². The highest BCUT2D eigenvalue weighted by Gasteiger charge is 2.06. The van der Waals surface area contributed by atoms with E-state index >= 15 is 0 Å². The molecule has 0 aliphatic rings. The minimum Gasteiger partial charge on any atom is -0.356 e. The van der Waals surface area contributed by atoms with Crippen LogP contribution in [0.25, 0.3) is 0 Å². The lowest BCUT2D eigenvalue weighted by Crippen LogP contribution is -2.43. The lowest BCUT2D eigenvalue weighted by molar-refractivity contribution is -0.127. The molecule has 1 aromatic heterocycles. The molecule has 5 nitrogen and oxygen atoms in total. The first-order chi connectivity index (χ1) is 12.5. The molecule has 0 radical (unpaired) electrons. The van der Waals surface area contributed by atoms with Gasteiger partial charge >= 0.3 is 0 Å². The number of hydrogen-bond acceptors (Lipinski definition) is 3. The van der Waals surface area contributed by atoms with Gasteiger partial charge in [-0.2, -0.15) is 0 Å². The van der Waals surface area contributed by atoms with Crippen molar-refractivity contribution in [1.82, 2.24) is 15.5 Å². The molecular formula is C19H26FIN4OS. The first-order valence-corrected chi connectivity index (χ1v) is 9.33. The molecular weight excluding hydrogens is 478 g/mol. The molecule has 27 heavy (non-hydrogen) atoms. The van der Waals surface area contributed by atoms with Gasteiger partial charge in [0.05, 0.1) is 13.1 Å². The largest absolute Gasteiger partial charge is 0.356 e. The van der Waals surface area contributed by atoms with Gasteiger partial charge in [0.2, 0.25) is 5.91 Å². The van der Waals surface area contributed by atoms with Crippen LogP contribution in [0.3, 0.4) is 0 Å². The van der Waals surface area contributed by atoms with Gasteiger partial charge < -0.3 is 15.5 Å². The molecule has 0 aliphatic carbocycles. The van der Waals surface area contributed by atoms with Crippen LogP contribution in [0, 0.1) is 12.7 Å². The Morgan fingerprint density at radius 3 is 2.67 bits per heavy atom. The summed E-state index contributed by atoms with van der Waals surface area (Å²) in [4.78, 5) is 19.1. The zero-order chi connectivity index (χ0) is 18.9. The van der Waals surface area contributed by atoms with Crippen molar-refractivity contribution in [3.05, 3.63) is 57.5 Å². The van der Waals surface area contributed by atoms with Crippen molar-refractivity contribution in [3.63, 3.8) is 0 Å². The number of likely N-dealkylation sites (N-methyl/N-ethyl adjacent to an activating group) is 1. The average molecular weight is 504 g/mol. The van der Waals surface area contributed by atoms with Crippen LogP contribution in [-0.4, -0.2) is 44.0 Å². The molecule has 0 saturated carbocycles. The molecule has 0 aliphatic heterocycles. The van der Waals surface area contributed by atoms with E-state index in [1.165, 1.54) is 15.8 Å². The number of carbonyl (C=O) groups excluding carboxylic acids is 1. The number of thiophene rings is 1. The normalized spacial score (nSPS) is 10.9. The number of halogens is 2. The zero-order valence-electron chi connectivity index (χ0n) is 15.8. The van der Waals surface area contributed by atoms with Gasteiger partial charge in [0.15, 0.2) is 5.96 Å². The summed E-state index contributed by atoms with van der Waals surface area (Å²) in [6.45, 7) is 2.92. The molecule has 0 atom stereocenters. The van der Waals surface area contributed by atoms with Crippen molar-refractivity contribution in [2.24, 2.45) is 4.99 Å². The fraction of sp³-hybridized carbons (Fsp3) is 0.368. The fourth-order valence-corrected chi connectivity index (χ4v) is 2.86. The number of benzene rings is 1. The number of aryl methyl sites for hydroxylation is 1. The van der Waals surface area contributed by atoms with Gasteiger partial charge in [-0.3, -0.25) is 4.79 Å². The van der Waals surface area contributed by atoms with Crippen LogP contribution >= 0.6 is 35.3 Å². The Morgan fingerprint density at radius 1 is 1.26 bits per heavy atom. The molecule has 0 unspecified atom stereocenters. The summed E-state index contributed by atoms with van der Waals surface area (Å²) in [5.74, 6) is 0.262. The lowest BCUT2D eigenvalue weighted by atomic mass is 10.1. The van der Waals surface area contributed by atoms with Gasteiger partial charge in [0.25, 0.3) is 0 Å². The van der Waals surface area contributed by atoms with E-state index in [2.05, 4.69) is 21.7 Å². The van der Waals surface area contributed by atoms with Gasteiger partial charge in [-0.05, 0) is 42.0 Å². The predicted molar refractivity (Wildman–Crippen MR) is 120 cm³/mol. The number of guanidine groups is 1. The maximum Gasteiger partial charge on any atom is 0.241 e. The standard InChI is InChI=1S/C19H25FN4OS.HI/c1-14-6-7-15(11-17(14)20)12-22-19(23-13-18(25)24(2)3)21-9-8-16-5-4-10-26-16;/h4-7,10-11H,8-9,12-13H2,1-3H3,(H2,21,22,23);1H. The molecule has 1 heterocycles. The quantitative estimate of drug-likeness (QED) is 0.346. The third kappa shape index (κ3) is 8.25. The van der Waals surface area contributed by atoms with Crippen LogP contribution in [0.5, 0.6) is 0 Å². The van der Waals surface area contributed by atoms with Crippen LogP contribution in [0.1, 0.15) is 16.0 Å². The van der Waals surface area contributed by atoms with Crippen molar-refractivity contribution in [2.45, 2.75) is 19.9 Å². The highest BCUT2D eigenvalue weighted by Crippen LogP contribution is 2.10. The molecule has 2 N–H and O–H groups in total. The van der Waals surface area contributed by atoms with Gasteiger partial charge in [-0.25, -0.2) is 9.38 Å². The third-order valence-electron chi connectivity index (χ3n) is 3.81. The third-order valence-corrected chi connectivity index (χ3v) is 4.74. The second-order valence-corrected chi connectivity index (χ2v) is 7.18. The smallest absolute Gasteiger partial charge is 0.241 e. The summed E-state index contributed by atoms with van der Waals surface area (Å²) in [6, 6.07) is 9.20. The van der Waals surface area contributed by atoms with E-state index in [1.54, 1.807) is 38.4 Å². The number of nitrogens with one attached hydrogen (secondary N) is 2. The molecule has 8 heteroatoms.